The average molecular weight is 528 g/mol. The van der Waals surface area contributed by atoms with E-state index in [4.69, 9.17) is 4.99 Å². The predicted octanol–water partition coefficient (Wildman–Crippen LogP) is 4.70. The smallest absolute Gasteiger partial charge is 0.193 e. The topological polar surface area (TPSA) is 43.8 Å². The maximum atomic E-state index is 4.79. The minimum absolute atomic E-state index is 0. The number of benzene rings is 1. The maximum absolute atomic E-state index is 4.79. The molecule has 1 aromatic heterocycles. The number of hydrogen-bond donors (Lipinski definition) is 1. The third kappa shape index (κ3) is 7.44. The number of aryl methyl sites for hydroxylation is 1. The van der Waals surface area contributed by atoms with Crippen molar-refractivity contribution >= 4 is 47.0 Å². The Hall–Kier alpha value is -1.35. The van der Waals surface area contributed by atoms with Gasteiger partial charge in [-0.1, -0.05) is 12.1 Å². The maximum Gasteiger partial charge on any atom is 0.193 e. The number of thiazole rings is 1. The van der Waals surface area contributed by atoms with Crippen molar-refractivity contribution in [3.05, 3.63) is 45.9 Å². The Morgan fingerprint density at radius 1 is 1.21 bits per heavy atom. The van der Waals surface area contributed by atoms with Crippen molar-refractivity contribution in [2.24, 2.45) is 4.99 Å². The molecule has 0 spiro atoms. The van der Waals surface area contributed by atoms with Crippen molar-refractivity contribution in [2.45, 2.75) is 46.1 Å². The molecule has 29 heavy (non-hydrogen) atoms. The van der Waals surface area contributed by atoms with E-state index in [9.17, 15) is 0 Å². The summed E-state index contributed by atoms with van der Waals surface area (Å²) in [5, 5.41) is 4.57. The number of hydrogen-bond acceptors (Lipinski definition) is 4. The molecule has 2 aromatic rings. The molecule has 1 fully saturated rings. The Labute approximate surface area is 196 Å². The van der Waals surface area contributed by atoms with Gasteiger partial charge >= 0.3 is 0 Å². The van der Waals surface area contributed by atoms with Gasteiger partial charge in [0.25, 0.3) is 0 Å². The van der Waals surface area contributed by atoms with Gasteiger partial charge in [0.15, 0.2) is 5.96 Å². The molecule has 5 nitrogen and oxygen atoms in total. The van der Waals surface area contributed by atoms with Crippen LogP contribution in [0.2, 0.25) is 0 Å². The summed E-state index contributed by atoms with van der Waals surface area (Å²) < 4.78 is 0. The average Bonchev–Trinajstić information content (AvgIpc) is 3.13. The van der Waals surface area contributed by atoms with Gasteiger partial charge in [-0.2, -0.15) is 0 Å². The van der Waals surface area contributed by atoms with Crippen LogP contribution in [0.1, 0.15) is 41.6 Å². The normalized spacial score (nSPS) is 14.4. The first-order valence-corrected chi connectivity index (χ1v) is 11.2. The lowest BCUT2D eigenvalue weighted by Crippen LogP contribution is -2.38. The van der Waals surface area contributed by atoms with Crippen molar-refractivity contribution in [2.75, 3.05) is 38.1 Å². The quantitative estimate of drug-likeness (QED) is 0.322. The second kappa shape index (κ2) is 12.4. The SMILES string of the molecule is CCNC(=NCCc1ncc(C)s1)N(C)Cc1ccc(N2CCCCC2)cc1.I. The number of nitrogens with zero attached hydrogens (tertiary/aromatic N) is 4. The lowest BCUT2D eigenvalue weighted by Gasteiger charge is -2.29. The Balaban J connectivity index is 0.00000300. The highest BCUT2D eigenvalue weighted by molar-refractivity contribution is 14.0. The summed E-state index contributed by atoms with van der Waals surface area (Å²) in [5.41, 5.74) is 2.66. The van der Waals surface area contributed by atoms with Gasteiger partial charge in [-0.05, 0) is 50.8 Å². The van der Waals surface area contributed by atoms with Gasteiger partial charge in [-0.3, -0.25) is 4.99 Å². The third-order valence-corrected chi connectivity index (χ3v) is 6.00. The van der Waals surface area contributed by atoms with Gasteiger partial charge in [0.05, 0.1) is 5.01 Å². The first-order chi connectivity index (χ1) is 13.7. The van der Waals surface area contributed by atoms with Crippen LogP contribution < -0.4 is 10.2 Å². The largest absolute Gasteiger partial charge is 0.372 e. The molecule has 0 amide bonds. The van der Waals surface area contributed by atoms with Crippen LogP contribution in [0.15, 0.2) is 35.5 Å². The molecule has 160 valence electrons. The van der Waals surface area contributed by atoms with Crippen molar-refractivity contribution in [3.63, 3.8) is 0 Å². The van der Waals surface area contributed by atoms with Crippen LogP contribution in [0.5, 0.6) is 0 Å². The zero-order valence-electron chi connectivity index (χ0n) is 17.9. The molecular formula is C22H34IN5S. The van der Waals surface area contributed by atoms with Crippen LogP contribution in [0.4, 0.5) is 5.69 Å². The lowest BCUT2D eigenvalue weighted by molar-refractivity contribution is 0.477. The van der Waals surface area contributed by atoms with Crippen molar-refractivity contribution in [3.8, 4) is 0 Å². The summed E-state index contributed by atoms with van der Waals surface area (Å²) in [6.45, 7) is 9.06. The van der Waals surface area contributed by atoms with E-state index in [0.717, 1.165) is 37.0 Å². The zero-order chi connectivity index (χ0) is 19.8. The molecule has 1 aliphatic rings. The number of aromatic nitrogens is 1. The molecule has 1 saturated heterocycles. The molecule has 0 radical (unpaired) electrons. The minimum atomic E-state index is 0. The highest BCUT2D eigenvalue weighted by atomic mass is 127. The van der Waals surface area contributed by atoms with Gasteiger partial charge in [0.2, 0.25) is 0 Å². The Morgan fingerprint density at radius 2 is 1.93 bits per heavy atom. The van der Waals surface area contributed by atoms with Crippen LogP contribution >= 0.6 is 35.3 Å². The molecule has 0 unspecified atom stereocenters. The fraction of sp³-hybridized carbons (Fsp3) is 0.545. The first-order valence-electron chi connectivity index (χ1n) is 10.4. The van der Waals surface area contributed by atoms with E-state index in [-0.39, 0.29) is 24.0 Å². The Kier molecular flexibility index (Phi) is 10.2. The predicted molar refractivity (Wildman–Crippen MR) is 136 cm³/mol. The molecular weight excluding hydrogens is 493 g/mol. The van der Waals surface area contributed by atoms with Gasteiger partial charge in [0, 0.05) is 63.0 Å². The standard InChI is InChI=1S/C22H33N5S.HI/c1-4-23-22(24-13-12-21-25-16-18(2)28-21)26(3)17-19-8-10-20(11-9-19)27-14-6-5-7-15-27;/h8-11,16H,4-7,12-15,17H2,1-3H3,(H,23,24);1H. The van der Waals surface area contributed by atoms with Gasteiger partial charge in [-0.15, -0.1) is 35.3 Å². The van der Waals surface area contributed by atoms with E-state index in [2.05, 4.69) is 65.3 Å². The summed E-state index contributed by atoms with van der Waals surface area (Å²) in [6.07, 6.45) is 6.83. The number of halogens is 1. The summed E-state index contributed by atoms with van der Waals surface area (Å²) in [6, 6.07) is 9.04. The summed E-state index contributed by atoms with van der Waals surface area (Å²) in [7, 11) is 2.10. The second-order valence-electron chi connectivity index (χ2n) is 7.42. The fourth-order valence-electron chi connectivity index (χ4n) is 3.56. The van der Waals surface area contributed by atoms with Crippen molar-refractivity contribution in [1.82, 2.24) is 15.2 Å². The van der Waals surface area contributed by atoms with Crippen LogP contribution in [0.3, 0.4) is 0 Å². The van der Waals surface area contributed by atoms with Crippen LogP contribution in [0, 0.1) is 6.92 Å². The molecule has 1 aliphatic heterocycles. The number of aliphatic imine (C=N–C) groups is 1. The molecule has 3 rings (SSSR count). The van der Waals surface area contributed by atoms with Crippen LogP contribution in [-0.2, 0) is 13.0 Å². The zero-order valence-corrected chi connectivity index (χ0v) is 21.0. The number of piperidine rings is 1. The summed E-state index contributed by atoms with van der Waals surface area (Å²) in [4.78, 5) is 15.2. The molecule has 0 aliphatic carbocycles. The number of anilines is 1. The highest BCUT2D eigenvalue weighted by Gasteiger charge is 2.11. The number of nitrogens with one attached hydrogen (secondary N) is 1. The van der Waals surface area contributed by atoms with E-state index >= 15 is 0 Å². The Morgan fingerprint density at radius 3 is 2.55 bits per heavy atom. The summed E-state index contributed by atoms with van der Waals surface area (Å²) in [5.74, 6) is 0.955. The van der Waals surface area contributed by atoms with Crippen molar-refractivity contribution in [1.29, 1.82) is 0 Å². The van der Waals surface area contributed by atoms with Gasteiger partial charge < -0.3 is 15.1 Å². The van der Waals surface area contributed by atoms with Crippen LogP contribution in [0.25, 0.3) is 0 Å². The third-order valence-electron chi connectivity index (χ3n) is 5.03. The van der Waals surface area contributed by atoms with Crippen molar-refractivity contribution < 1.29 is 0 Å². The molecule has 0 bridgehead atoms. The molecule has 1 aromatic carbocycles. The molecule has 0 saturated carbocycles. The Bertz CT molecular complexity index is 753. The van der Waals surface area contributed by atoms with E-state index in [0.29, 0.717) is 0 Å². The minimum Gasteiger partial charge on any atom is -0.372 e. The molecule has 7 heteroatoms. The first kappa shape index (κ1) is 23.9. The lowest BCUT2D eigenvalue weighted by atomic mass is 10.1. The van der Waals surface area contributed by atoms with Gasteiger partial charge in [-0.25, -0.2) is 4.98 Å². The molecule has 0 atom stereocenters. The molecule has 1 N–H and O–H groups in total. The number of rotatable bonds is 7. The van der Waals surface area contributed by atoms with Gasteiger partial charge in [0.1, 0.15) is 0 Å². The fourth-order valence-corrected chi connectivity index (χ4v) is 4.33. The highest BCUT2D eigenvalue weighted by Crippen LogP contribution is 2.20. The monoisotopic (exact) mass is 527 g/mol. The second-order valence-corrected chi connectivity index (χ2v) is 8.74. The van der Waals surface area contributed by atoms with E-state index in [1.165, 1.54) is 48.5 Å². The number of guanidine groups is 1. The van der Waals surface area contributed by atoms with Crippen LogP contribution in [-0.4, -0.2) is 49.1 Å². The summed E-state index contributed by atoms with van der Waals surface area (Å²) >= 11 is 1.76. The molecule has 2 heterocycles. The van der Waals surface area contributed by atoms with E-state index in [1.807, 2.05) is 6.20 Å². The van der Waals surface area contributed by atoms with E-state index < -0.39 is 0 Å². The van der Waals surface area contributed by atoms with E-state index in [1.54, 1.807) is 11.3 Å².